The summed E-state index contributed by atoms with van der Waals surface area (Å²) in [5, 5.41) is 0. The zero-order valence-electron chi connectivity index (χ0n) is 18.8. The van der Waals surface area contributed by atoms with Gasteiger partial charge in [0, 0.05) is 0 Å². The van der Waals surface area contributed by atoms with Crippen LogP contribution in [0.3, 0.4) is 0 Å². The second kappa shape index (κ2) is 10.0. The van der Waals surface area contributed by atoms with Crippen LogP contribution in [0.1, 0.15) is 36.9 Å². The number of aryl methyl sites for hydroxylation is 2. The first kappa shape index (κ1) is 24.8. The predicted octanol–water partition coefficient (Wildman–Crippen LogP) is 7.09. The van der Waals surface area contributed by atoms with Gasteiger partial charge in [-0.1, -0.05) is 13.8 Å². The van der Waals surface area contributed by atoms with Crippen molar-refractivity contribution in [1.29, 1.82) is 0 Å². The first-order valence-electron chi connectivity index (χ1n) is 9.94. The molecule has 2 rings (SSSR count). The fourth-order valence-corrected chi connectivity index (χ4v) is 16.1. The summed E-state index contributed by atoms with van der Waals surface area (Å²) in [6.45, 7) is 12.0. The van der Waals surface area contributed by atoms with E-state index in [0.717, 1.165) is 6.54 Å². The molecule has 0 aromatic carbocycles. The van der Waals surface area contributed by atoms with E-state index in [1.54, 1.807) is 5.79 Å². The van der Waals surface area contributed by atoms with E-state index in [-0.39, 0.29) is 0 Å². The number of anilines is 2. The Balaban J connectivity index is 0.00000163. The molecule has 0 unspecified atom stereocenters. The fraction of sp³-hybridized carbons (Fsp3) is 0.619. The minimum atomic E-state index is -2.00. The van der Waals surface area contributed by atoms with Crippen LogP contribution in [-0.4, -0.2) is 43.3 Å². The first-order valence-corrected chi connectivity index (χ1v) is 31.6. The maximum absolute atomic E-state index is 2.61. The van der Waals surface area contributed by atoms with Gasteiger partial charge in [-0.2, -0.15) is 0 Å². The van der Waals surface area contributed by atoms with Crippen molar-refractivity contribution in [1.82, 2.24) is 0 Å². The molecule has 0 spiro atoms. The molecule has 2 aromatic rings. The molecule has 0 radical (unpaired) electrons. The van der Waals surface area contributed by atoms with Crippen molar-refractivity contribution in [3.05, 3.63) is 21.9 Å². The molecule has 0 fully saturated rings. The molecule has 148 valence electrons. The molecule has 0 atom stereocenters. The summed E-state index contributed by atoms with van der Waals surface area (Å²) in [7, 11) is 0. The van der Waals surface area contributed by atoms with E-state index in [0.29, 0.717) is 0 Å². The SMILES string of the molecule is CC.CCCN(c1c[c]([Sn]([CH3])([CH3])[CH3])sc1C)c1c[c]([Sn]([CH3])([CH3])[CH3])sc1C. The van der Waals surface area contributed by atoms with Crippen LogP contribution in [-0.2, 0) is 0 Å². The molecule has 0 amide bonds. The quantitative estimate of drug-likeness (QED) is 0.317. The van der Waals surface area contributed by atoms with E-state index in [2.05, 4.69) is 90.1 Å². The number of hydrogen-bond acceptors (Lipinski definition) is 3. The Morgan fingerprint density at radius 3 is 1.35 bits per heavy atom. The van der Waals surface area contributed by atoms with Gasteiger partial charge < -0.3 is 0 Å². The Hall–Kier alpha value is 0.797. The first-order chi connectivity index (χ1) is 11.9. The van der Waals surface area contributed by atoms with Gasteiger partial charge in [-0.05, 0) is 0 Å². The summed E-state index contributed by atoms with van der Waals surface area (Å²) in [5.74, 6) is 0. The molecule has 5 heteroatoms. The van der Waals surface area contributed by atoms with E-state index in [4.69, 9.17) is 0 Å². The van der Waals surface area contributed by atoms with E-state index < -0.39 is 36.8 Å². The molecule has 26 heavy (non-hydrogen) atoms. The molecule has 0 saturated heterocycles. The molecule has 0 aliphatic heterocycles. The molecular weight excluding hydrogens is 568 g/mol. The average Bonchev–Trinajstić information content (AvgIpc) is 3.10. The van der Waals surface area contributed by atoms with Crippen LogP contribution in [0.25, 0.3) is 0 Å². The number of thiophene rings is 2. The molecule has 0 aliphatic rings. The van der Waals surface area contributed by atoms with Crippen molar-refractivity contribution >= 4 is 76.6 Å². The van der Waals surface area contributed by atoms with Gasteiger partial charge in [0.1, 0.15) is 0 Å². The van der Waals surface area contributed by atoms with Crippen molar-refractivity contribution in [3.63, 3.8) is 0 Å². The third-order valence-corrected chi connectivity index (χ3v) is 25.2. The molecular formula is C21H39NS2Sn2. The summed E-state index contributed by atoms with van der Waals surface area (Å²) < 4.78 is 3.39. The second-order valence-electron chi connectivity index (χ2n) is 8.76. The Kier molecular flexibility index (Phi) is 9.57. The number of hydrogen-bond donors (Lipinski definition) is 0. The average molecular weight is 607 g/mol. The topological polar surface area (TPSA) is 3.24 Å². The monoisotopic (exact) mass is 609 g/mol. The van der Waals surface area contributed by atoms with Crippen LogP contribution in [0, 0.1) is 13.8 Å². The number of nitrogens with zero attached hydrogens (tertiary/aromatic N) is 1. The molecule has 0 bridgehead atoms. The summed E-state index contributed by atoms with van der Waals surface area (Å²) in [5.41, 5.74) is 2.94. The van der Waals surface area contributed by atoms with Crippen LogP contribution in [0.5, 0.6) is 0 Å². The molecule has 2 aromatic heterocycles. The normalized spacial score (nSPS) is 12.0. The summed E-state index contributed by atoms with van der Waals surface area (Å²) in [4.78, 5) is 20.7. The van der Waals surface area contributed by atoms with Crippen LogP contribution >= 0.6 is 22.7 Å². The summed E-state index contributed by atoms with van der Waals surface area (Å²) >= 11 is 0.112. The third-order valence-electron chi connectivity index (χ3n) is 4.29. The van der Waals surface area contributed by atoms with E-state index in [1.165, 1.54) is 27.5 Å². The molecule has 0 N–H and O–H groups in total. The Morgan fingerprint density at radius 2 is 1.12 bits per heavy atom. The summed E-state index contributed by atoms with van der Waals surface area (Å²) in [6.07, 6.45) is 1.19. The maximum atomic E-state index is 2.61. The van der Waals surface area contributed by atoms with Crippen molar-refractivity contribution in [2.24, 2.45) is 0 Å². The van der Waals surface area contributed by atoms with Gasteiger partial charge in [-0.15, -0.1) is 0 Å². The Labute approximate surface area is 179 Å². The van der Waals surface area contributed by atoms with Crippen LogP contribution in [0.2, 0.25) is 29.6 Å². The van der Waals surface area contributed by atoms with Gasteiger partial charge in [-0.25, -0.2) is 0 Å². The van der Waals surface area contributed by atoms with E-state index >= 15 is 0 Å². The third kappa shape index (κ3) is 6.15. The van der Waals surface area contributed by atoms with Gasteiger partial charge in [0.05, 0.1) is 0 Å². The van der Waals surface area contributed by atoms with E-state index in [9.17, 15) is 0 Å². The van der Waals surface area contributed by atoms with Crippen molar-refractivity contribution in [2.45, 2.75) is 70.7 Å². The van der Waals surface area contributed by atoms with Gasteiger partial charge in [-0.3, -0.25) is 0 Å². The van der Waals surface area contributed by atoms with Crippen molar-refractivity contribution < 1.29 is 0 Å². The van der Waals surface area contributed by atoms with Gasteiger partial charge in [0.2, 0.25) is 0 Å². The zero-order valence-corrected chi connectivity index (χ0v) is 26.2. The number of rotatable bonds is 6. The minimum absolute atomic E-state index is 1.12. The van der Waals surface area contributed by atoms with Gasteiger partial charge in [0.25, 0.3) is 0 Å². The molecule has 2 heterocycles. The van der Waals surface area contributed by atoms with Crippen molar-refractivity contribution in [3.8, 4) is 0 Å². The second-order valence-corrected chi connectivity index (χ2v) is 42.1. The van der Waals surface area contributed by atoms with Gasteiger partial charge >= 0.3 is 167 Å². The molecule has 1 nitrogen and oxygen atoms in total. The zero-order chi connectivity index (χ0) is 20.3. The van der Waals surface area contributed by atoms with Gasteiger partial charge in [0.15, 0.2) is 0 Å². The van der Waals surface area contributed by atoms with Crippen molar-refractivity contribution in [2.75, 3.05) is 11.4 Å². The Bertz CT molecular complexity index is 644. The fourth-order valence-electron chi connectivity index (χ4n) is 2.81. The molecule has 0 saturated carbocycles. The Morgan fingerprint density at radius 1 is 0.769 bits per heavy atom. The van der Waals surface area contributed by atoms with Crippen LogP contribution in [0.15, 0.2) is 12.1 Å². The summed E-state index contributed by atoms with van der Waals surface area (Å²) in [6, 6.07) is 5.06. The van der Waals surface area contributed by atoms with E-state index in [1.807, 2.05) is 13.8 Å². The standard InChI is InChI=1S/C13H15NS2.C2H6.6CH3.2Sn/c1-4-7-14(12-5-8-15-10(12)2)13-6-9-16-11(13)3;1-2;;;;;;;;/h5-6H,4,7H2,1-3H3;1-2H3;6*1H3;;. The molecule has 0 aliphatic carbocycles. The predicted molar refractivity (Wildman–Crippen MR) is 133 cm³/mol. The van der Waals surface area contributed by atoms with Crippen LogP contribution in [0.4, 0.5) is 11.4 Å². The van der Waals surface area contributed by atoms with Crippen LogP contribution < -0.4 is 10.7 Å².